The zero-order valence-electron chi connectivity index (χ0n) is 75.4. The molecule has 0 saturated heterocycles. The van der Waals surface area contributed by atoms with E-state index < -0.39 is 0 Å². The van der Waals surface area contributed by atoms with E-state index in [0.29, 0.717) is 31.5 Å². The summed E-state index contributed by atoms with van der Waals surface area (Å²) in [5.41, 5.74) is 13.3. The average molecular weight is 2040 g/mol. The van der Waals surface area contributed by atoms with Crippen LogP contribution in [0.25, 0.3) is 21.9 Å². The number of hydrogen-bond acceptors (Lipinski definition) is 10. The van der Waals surface area contributed by atoms with Crippen LogP contribution in [0.3, 0.4) is 0 Å². The molecule has 3 aliphatic rings. The molecular weight excluding hydrogens is 1890 g/mol. The predicted molar refractivity (Wildman–Crippen MR) is 481 cm³/mol. The normalized spacial score (nSPS) is 9.92. The summed E-state index contributed by atoms with van der Waals surface area (Å²) in [4.78, 5) is 11.0. The Morgan fingerprint density at radius 1 is 0.482 bits per heavy atom. The van der Waals surface area contributed by atoms with Gasteiger partial charge in [0.2, 0.25) is 6.79 Å². The third-order valence-corrected chi connectivity index (χ3v) is 11.3. The number of aromatic amines is 2. The minimum Gasteiger partial charge on any atom is -0.504 e. The summed E-state index contributed by atoms with van der Waals surface area (Å²) >= 11 is 0. The number of allylic oxidation sites excluding steroid dienone is 11. The molecule has 0 bridgehead atoms. The number of hydrogen-bond donors (Lipinski definition) is 2. The predicted octanol–water partition coefficient (Wildman–Crippen LogP) is 29.3. The van der Waals surface area contributed by atoms with Gasteiger partial charge >= 0.3 is 63.2 Å². The maximum atomic E-state index is 5.38. The van der Waals surface area contributed by atoms with Crippen LogP contribution in [0, 0.1) is 99.6 Å². The van der Waals surface area contributed by atoms with Gasteiger partial charge in [0, 0.05) is 41.6 Å². The van der Waals surface area contributed by atoms with Crippen LogP contribution in [0.5, 0.6) is 23.0 Å². The van der Waals surface area contributed by atoms with Crippen molar-refractivity contribution in [3.63, 3.8) is 0 Å². The maximum Gasteiger partial charge on any atom is 2.00 e. The van der Waals surface area contributed by atoms with Crippen LogP contribution >= 0.6 is 0 Å². The molecule has 5 aromatic heterocycles. The molecule has 10 aromatic rings. The Balaban J connectivity index is -0.0000000961. The van der Waals surface area contributed by atoms with Gasteiger partial charge in [-0.15, -0.1) is 26.0 Å². The molecule has 2 aliphatic heterocycles. The first-order valence-corrected chi connectivity index (χ1v) is 39.2. The first kappa shape index (κ1) is 130. The molecule has 0 spiro atoms. The number of aryl methyl sites for hydroxylation is 8. The van der Waals surface area contributed by atoms with Crippen molar-refractivity contribution in [3.05, 3.63) is 314 Å². The van der Waals surface area contributed by atoms with E-state index in [4.69, 9.17) is 38.7 Å². The van der Waals surface area contributed by atoms with Crippen LogP contribution in [0.4, 0.5) is 0 Å². The number of rotatable bonds is 3. The number of fused-ring (bicyclic) bond motifs is 4. The van der Waals surface area contributed by atoms with E-state index in [0.717, 1.165) is 45.3 Å². The van der Waals surface area contributed by atoms with E-state index in [1.165, 1.54) is 56.4 Å². The van der Waals surface area contributed by atoms with Gasteiger partial charge in [0.1, 0.15) is 30.5 Å². The van der Waals surface area contributed by atoms with Crippen molar-refractivity contribution < 1.29 is 86.7 Å². The molecule has 15 heteroatoms. The van der Waals surface area contributed by atoms with Gasteiger partial charge in [-0.05, 0) is 155 Å². The number of benzene rings is 5. The van der Waals surface area contributed by atoms with E-state index in [2.05, 4.69) is 127 Å². The Labute approximate surface area is 729 Å². The number of H-pyrrole nitrogens is 2. The molecule has 0 radical (unpaired) electrons. The third kappa shape index (κ3) is 78.5. The number of ether oxygens (including phenoxy) is 4. The molecule has 0 fully saturated rings. The molecule has 620 valence electrons. The summed E-state index contributed by atoms with van der Waals surface area (Å²) in [6.45, 7) is 82.1. The van der Waals surface area contributed by atoms with Crippen molar-refractivity contribution in [2.45, 2.75) is 228 Å². The molecule has 1 atom stereocenters. The van der Waals surface area contributed by atoms with Gasteiger partial charge in [-0.25, -0.2) is 18.6 Å². The van der Waals surface area contributed by atoms with E-state index in [1.807, 2.05) is 328 Å². The first-order valence-electron chi connectivity index (χ1n) is 39.2. The van der Waals surface area contributed by atoms with Crippen molar-refractivity contribution in [2.24, 2.45) is 5.92 Å². The fourth-order valence-electron chi connectivity index (χ4n) is 6.87. The standard InChI is InChI=1S/C9H9N.C9H10O2.C9H10.C8H8O2.C7H7N3.C7H8.2C6H7N.2C5H6.C4H5NO.11C2H6.3W/c1-7-2-3-8-4-5-10-9(8)6-7;1-7-2-3-8-9(6-7)11-5-4-10-8;1-2-6-9-7-4-3-5-8-9;1-6-2-3-7-8(4-6)10-5-9-7;1-5-2-3-6-7(4-5)9-10-8-6;1-7-5-3-2-4-6-7;1-6-3-2-4-7-5-6;1-6-4-2-3-5-7-6;1-4-5(2)3;1-3-5-4-2;1-4-2-5-6-3-4;11*1-2;;;/h2-6,10H,1H3;2-3,6H,4-5H2,1H3;3-9H,1H3;2-4H,5H2,1H3;2-4H,1H3,(H,8,9,10);2-6H,1H3;2*2-5H,1H3;1-2,4H,3H3;1,3,5H,2H3;2-3H,1H3;11*1-2H3;;;/q;;-2;;;;;;2*-2;;;;;;;;;;;;;3*+2. The molecule has 0 saturated carbocycles. The van der Waals surface area contributed by atoms with E-state index in [-0.39, 0.29) is 63.2 Å². The van der Waals surface area contributed by atoms with Gasteiger partial charge < -0.3 is 84.1 Å². The third-order valence-electron chi connectivity index (χ3n) is 11.3. The Morgan fingerprint density at radius 2 is 0.964 bits per heavy atom. The fraction of sp³-hybridized carbons (Fsp3) is 0.381. The zero-order valence-corrected chi connectivity index (χ0v) is 84.2. The topological polar surface area (TPSA) is 146 Å². The van der Waals surface area contributed by atoms with Crippen LogP contribution in [0.15, 0.2) is 235 Å². The molecule has 7 heterocycles. The van der Waals surface area contributed by atoms with Crippen molar-refractivity contribution in [2.75, 3.05) is 20.0 Å². The Kier molecular flexibility index (Phi) is 122. The Bertz CT molecular complexity index is 3430. The van der Waals surface area contributed by atoms with Gasteiger partial charge in [0.25, 0.3) is 0 Å². The summed E-state index contributed by atoms with van der Waals surface area (Å²) < 4.78 is 25.5. The smallest absolute Gasteiger partial charge is 0.504 e. The quantitative estimate of drug-likeness (QED) is 0.129. The molecule has 13 rings (SSSR count). The molecule has 12 nitrogen and oxygen atoms in total. The molecule has 5 aromatic carbocycles. The van der Waals surface area contributed by atoms with Crippen LogP contribution in [0.1, 0.15) is 218 Å². The van der Waals surface area contributed by atoms with Gasteiger partial charge in [-0.2, -0.15) is 22.3 Å². The number of nitrogens with one attached hydrogen (secondary N) is 2. The van der Waals surface area contributed by atoms with Crippen molar-refractivity contribution in [1.29, 1.82) is 0 Å². The van der Waals surface area contributed by atoms with E-state index in [9.17, 15) is 0 Å². The van der Waals surface area contributed by atoms with Crippen LogP contribution in [-0.4, -0.2) is 55.5 Å². The first-order chi connectivity index (χ1) is 53.1. The van der Waals surface area contributed by atoms with Crippen LogP contribution < -0.4 is 18.9 Å². The van der Waals surface area contributed by atoms with Crippen molar-refractivity contribution in [3.8, 4) is 23.0 Å². The maximum absolute atomic E-state index is 5.38. The summed E-state index contributed by atoms with van der Waals surface area (Å²) in [6.07, 6.45) is 33.2. The second kappa shape index (κ2) is 105. The largest absolute Gasteiger partial charge is 2.00 e. The molecule has 112 heavy (non-hydrogen) atoms. The van der Waals surface area contributed by atoms with Gasteiger partial charge in [-0.3, -0.25) is 16.0 Å². The zero-order chi connectivity index (χ0) is 85.3. The summed E-state index contributed by atoms with van der Waals surface area (Å²) in [5, 5.41) is 15.2. The van der Waals surface area contributed by atoms with Crippen molar-refractivity contribution in [1.82, 2.24) is 35.5 Å². The van der Waals surface area contributed by atoms with E-state index in [1.54, 1.807) is 44.8 Å². The summed E-state index contributed by atoms with van der Waals surface area (Å²) in [7, 11) is 0. The van der Waals surface area contributed by atoms with Crippen LogP contribution in [0.2, 0.25) is 0 Å². The molecular formula is C97H149N7O5W3. The molecule has 1 aliphatic carbocycles. The minimum atomic E-state index is 0. The summed E-state index contributed by atoms with van der Waals surface area (Å²) in [6, 6.07) is 46.4. The number of nitrogens with zero attached hydrogens (tertiary/aromatic N) is 5. The number of aromatic nitrogens is 7. The SMILES string of the molecule is CC.CC.CC.CC.CC.CC.CC.CC.CC.CC.CC.C[C-]=CC1C=CC=C[CH-]1.Cc1ccc2c(c1)OCCO2.Cc1ccc2c(c1)OCO2.Cc1ccc2cc[nH]c2c1.Cc1ccc2n[nH]nc2c1.Cc1ccccc1.Cc1ccccn1.Cc1cccnc1.Cc1cnoc1.[CH-]=CC(=[CH-])C.[CH-]=CC=[C-]C.[W+2].[W+2].[W+2]. The van der Waals surface area contributed by atoms with Gasteiger partial charge in [0.05, 0.1) is 6.20 Å². The molecule has 1 unspecified atom stereocenters. The second-order valence-corrected chi connectivity index (χ2v) is 19.3. The molecule has 2 N–H and O–H groups in total. The average Bonchev–Trinajstić information content (AvgIpc) is 1.73. The minimum absolute atomic E-state index is 0. The summed E-state index contributed by atoms with van der Waals surface area (Å²) in [5.74, 6) is 3.92. The monoisotopic (exact) mass is 2040 g/mol. The Hall–Kier alpha value is -8.14. The second-order valence-electron chi connectivity index (χ2n) is 19.3. The Morgan fingerprint density at radius 3 is 1.36 bits per heavy atom. The fourth-order valence-corrected chi connectivity index (χ4v) is 6.87. The van der Waals surface area contributed by atoms with E-state index >= 15 is 0 Å². The van der Waals surface area contributed by atoms with Crippen molar-refractivity contribution >= 4 is 21.9 Å². The van der Waals surface area contributed by atoms with Gasteiger partial charge in [-0.1, -0.05) is 242 Å². The number of pyridine rings is 2. The van der Waals surface area contributed by atoms with Crippen LogP contribution in [-0.2, 0) is 63.2 Å². The van der Waals surface area contributed by atoms with Gasteiger partial charge in [0.15, 0.2) is 23.0 Å². The molecule has 0 amide bonds.